The van der Waals surface area contributed by atoms with Crippen molar-refractivity contribution in [2.75, 3.05) is 6.54 Å². The number of ether oxygens (including phenoxy) is 1. The number of halogens is 1. The molecule has 3 nitrogen and oxygen atoms in total. The van der Waals surface area contributed by atoms with E-state index in [4.69, 9.17) is 16.3 Å². The van der Waals surface area contributed by atoms with E-state index in [2.05, 4.69) is 5.32 Å². The van der Waals surface area contributed by atoms with Crippen molar-refractivity contribution in [3.8, 4) is 0 Å². The SMILES string of the molecule is O=C1[N]CC(c2ccc(Cl)cc2)O1. The standard InChI is InChI=1S/C9H7ClNO2/c10-7-3-1-6(2-4-7)8-5-11-9(12)13-8/h1-4,8H,5H2. The Hall–Kier alpha value is -1.22. The van der Waals surface area contributed by atoms with E-state index in [0.717, 1.165) is 5.56 Å². The molecule has 1 radical (unpaired) electrons. The Morgan fingerprint density at radius 2 is 2.08 bits per heavy atom. The number of carbonyl (C=O) groups is 1. The summed E-state index contributed by atoms with van der Waals surface area (Å²) in [7, 11) is 0. The molecule has 0 aromatic heterocycles. The maximum Gasteiger partial charge on any atom is 0.429 e. The van der Waals surface area contributed by atoms with Crippen molar-refractivity contribution in [2.45, 2.75) is 6.10 Å². The maximum atomic E-state index is 10.7. The number of benzene rings is 1. The van der Waals surface area contributed by atoms with Crippen LogP contribution in [-0.2, 0) is 4.74 Å². The van der Waals surface area contributed by atoms with Crippen LogP contribution in [0.4, 0.5) is 4.79 Å². The van der Waals surface area contributed by atoms with Gasteiger partial charge in [-0.15, -0.1) is 0 Å². The van der Waals surface area contributed by atoms with Crippen LogP contribution in [0.3, 0.4) is 0 Å². The van der Waals surface area contributed by atoms with Crippen LogP contribution in [0.5, 0.6) is 0 Å². The summed E-state index contributed by atoms with van der Waals surface area (Å²) in [5.41, 5.74) is 0.930. The number of hydrogen-bond donors (Lipinski definition) is 0. The third-order valence-electron chi connectivity index (χ3n) is 1.87. The van der Waals surface area contributed by atoms with Gasteiger partial charge in [-0.05, 0) is 17.7 Å². The summed E-state index contributed by atoms with van der Waals surface area (Å²) >= 11 is 5.72. The first-order chi connectivity index (χ1) is 6.25. The second kappa shape index (κ2) is 3.26. The zero-order valence-electron chi connectivity index (χ0n) is 6.74. The largest absolute Gasteiger partial charge is 0.438 e. The molecule has 0 aliphatic carbocycles. The molecule has 1 aliphatic heterocycles. The van der Waals surface area contributed by atoms with Crippen LogP contribution >= 0.6 is 11.6 Å². The zero-order valence-corrected chi connectivity index (χ0v) is 7.49. The second-order valence-corrected chi connectivity index (χ2v) is 3.20. The van der Waals surface area contributed by atoms with Crippen molar-refractivity contribution in [2.24, 2.45) is 0 Å². The molecule has 1 saturated heterocycles. The van der Waals surface area contributed by atoms with Gasteiger partial charge in [-0.1, -0.05) is 23.7 Å². The normalized spacial score (nSPS) is 21.0. The Balaban J connectivity index is 2.17. The van der Waals surface area contributed by atoms with Gasteiger partial charge >= 0.3 is 6.09 Å². The fourth-order valence-corrected chi connectivity index (χ4v) is 1.33. The van der Waals surface area contributed by atoms with Crippen LogP contribution in [0.15, 0.2) is 24.3 Å². The van der Waals surface area contributed by atoms with Crippen LogP contribution < -0.4 is 5.32 Å². The van der Waals surface area contributed by atoms with Crippen molar-refractivity contribution in [3.63, 3.8) is 0 Å². The quantitative estimate of drug-likeness (QED) is 0.691. The van der Waals surface area contributed by atoms with Gasteiger partial charge in [-0.2, -0.15) is 0 Å². The smallest absolute Gasteiger partial charge is 0.429 e. The number of rotatable bonds is 1. The summed E-state index contributed by atoms with van der Waals surface area (Å²) in [5, 5.41) is 4.29. The molecule has 13 heavy (non-hydrogen) atoms. The Morgan fingerprint density at radius 3 is 2.62 bits per heavy atom. The summed E-state index contributed by atoms with van der Waals surface area (Å²) in [6.45, 7) is 0.403. The van der Waals surface area contributed by atoms with Gasteiger partial charge in [0.1, 0.15) is 6.10 Å². The van der Waals surface area contributed by atoms with Crippen LogP contribution in [0.2, 0.25) is 5.02 Å². The molecule has 4 heteroatoms. The van der Waals surface area contributed by atoms with E-state index >= 15 is 0 Å². The van der Waals surface area contributed by atoms with Crippen molar-refractivity contribution in [3.05, 3.63) is 34.9 Å². The lowest BCUT2D eigenvalue weighted by Crippen LogP contribution is -2.02. The molecule has 67 valence electrons. The summed E-state index contributed by atoms with van der Waals surface area (Å²) < 4.78 is 4.94. The first kappa shape index (κ1) is 8.38. The Labute approximate surface area is 80.6 Å². The van der Waals surface area contributed by atoms with E-state index in [-0.39, 0.29) is 6.10 Å². The molecule has 1 aromatic carbocycles. The highest BCUT2D eigenvalue weighted by Crippen LogP contribution is 2.22. The van der Waals surface area contributed by atoms with E-state index in [1.165, 1.54) is 0 Å². The maximum absolute atomic E-state index is 10.7. The molecule has 1 amide bonds. The number of cyclic esters (lactones) is 1. The average Bonchev–Trinajstić information content (AvgIpc) is 2.53. The zero-order chi connectivity index (χ0) is 9.26. The topological polar surface area (TPSA) is 40.4 Å². The van der Waals surface area contributed by atoms with E-state index in [1.807, 2.05) is 12.1 Å². The molecular weight excluding hydrogens is 190 g/mol. The van der Waals surface area contributed by atoms with Gasteiger partial charge < -0.3 is 4.74 Å². The van der Waals surface area contributed by atoms with E-state index in [0.29, 0.717) is 11.6 Å². The lowest BCUT2D eigenvalue weighted by Gasteiger charge is -2.06. The molecule has 0 bridgehead atoms. The van der Waals surface area contributed by atoms with Gasteiger partial charge in [-0.25, -0.2) is 10.1 Å². The van der Waals surface area contributed by atoms with Gasteiger partial charge in [0.2, 0.25) is 0 Å². The van der Waals surface area contributed by atoms with Crippen LogP contribution in [0.1, 0.15) is 11.7 Å². The van der Waals surface area contributed by atoms with Gasteiger partial charge in [0, 0.05) is 5.02 Å². The molecule has 2 rings (SSSR count). The lowest BCUT2D eigenvalue weighted by molar-refractivity contribution is 0.141. The van der Waals surface area contributed by atoms with Crippen LogP contribution in [0.25, 0.3) is 0 Å². The highest BCUT2D eigenvalue weighted by molar-refractivity contribution is 6.30. The highest BCUT2D eigenvalue weighted by Gasteiger charge is 2.25. The number of amides is 1. The molecule has 0 N–H and O–H groups in total. The van der Waals surface area contributed by atoms with Gasteiger partial charge in [0.25, 0.3) is 0 Å². The van der Waals surface area contributed by atoms with Crippen molar-refractivity contribution in [1.29, 1.82) is 0 Å². The monoisotopic (exact) mass is 196 g/mol. The summed E-state index contributed by atoms with van der Waals surface area (Å²) in [5.74, 6) is 0. The van der Waals surface area contributed by atoms with Gasteiger partial charge in [0.15, 0.2) is 0 Å². The number of nitrogens with zero attached hydrogens (tertiary/aromatic N) is 1. The molecule has 0 spiro atoms. The minimum atomic E-state index is -0.486. The minimum absolute atomic E-state index is 0.232. The van der Waals surface area contributed by atoms with Crippen molar-refractivity contribution >= 4 is 17.7 Å². The Kier molecular flexibility index (Phi) is 2.10. The molecule has 1 heterocycles. The molecule has 1 atom stereocenters. The van der Waals surface area contributed by atoms with E-state index in [9.17, 15) is 4.79 Å². The molecule has 1 aliphatic rings. The van der Waals surface area contributed by atoms with Crippen LogP contribution in [0, 0.1) is 0 Å². The molecule has 1 aromatic rings. The highest BCUT2D eigenvalue weighted by atomic mass is 35.5. The van der Waals surface area contributed by atoms with Crippen molar-refractivity contribution < 1.29 is 9.53 Å². The summed E-state index contributed by atoms with van der Waals surface area (Å²) in [4.78, 5) is 10.7. The Bertz CT molecular complexity index is 323. The number of carbonyl (C=O) groups excluding carboxylic acids is 1. The van der Waals surface area contributed by atoms with E-state index < -0.39 is 6.09 Å². The fourth-order valence-electron chi connectivity index (χ4n) is 1.20. The first-order valence-corrected chi connectivity index (χ1v) is 4.27. The molecule has 1 unspecified atom stereocenters. The average molecular weight is 197 g/mol. The summed E-state index contributed by atoms with van der Waals surface area (Å²) in [6, 6.07) is 7.20. The lowest BCUT2D eigenvalue weighted by atomic mass is 10.1. The molecule has 0 saturated carbocycles. The fraction of sp³-hybridized carbons (Fsp3) is 0.222. The third-order valence-corrected chi connectivity index (χ3v) is 2.12. The number of hydrogen-bond acceptors (Lipinski definition) is 2. The first-order valence-electron chi connectivity index (χ1n) is 3.89. The summed E-state index contributed by atoms with van der Waals surface area (Å²) in [6.07, 6.45) is -0.718. The predicted octanol–water partition coefficient (Wildman–Crippen LogP) is 2.14. The molecular formula is C9H7ClNO2. The van der Waals surface area contributed by atoms with Gasteiger partial charge in [-0.3, -0.25) is 0 Å². The third kappa shape index (κ3) is 1.75. The van der Waals surface area contributed by atoms with Crippen molar-refractivity contribution in [1.82, 2.24) is 5.32 Å². The Morgan fingerprint density at radius 1 is 1.38 bits per heavy atom. The second-order valence-electron chi connectivity index (χ2n) is 2.76. The predicted molar refractivity (Wildman–Crippen MR) is 47.7 cm³/mol. The minimum Gasteiger partial charge on any atom is -0.438 e. The molecule has 1 fully saturated rings. The van der Waals surface area contributed by atoms with E-state index in [1.54, 1.807) is 12.1 Å². The van der Waals surface area contributed by atoms with Gasteiger partial charge in [0.05, 0.1) is 6.54 Å². The van der Waals surface area contributed by atoms with Crippen LogP contribution in [-0.4, -0.2) is 12.6 Å².